The normalized spacial score (nSPS) is 19.5. The number of piperidine rings is 1. The molecule has 186 valence electrons. The second-order valence-electron chi connectivity index (χ2n) is 10.1. The number of hydrogen-bond donors (Lipinski definition) is 2. The topological polar surface area (TPSA) is 104 Å². The average Bonchev–Trinajstić information content (AvgIpc) is 3.37. The predicted octanol–water partition coefficient (Wildman–Crippen LogP) is 3.27. The molecule has 2 fully saturated rings. The summed E-state index contributed by atoms with van der Waals surface area (Å²) in [7, 11) is 1.61. The van der Waals surface area contributed by atoms with Crippen molar-refractivity contribution >= 4 is 11.5 Å². The van der Waals surface area contributed by atoms with Gasteiger partial charge in [0.2, 0.25) is 0 Å². The van der Waals surface area contributed by atoms with Gasteiger partial charge in [-0.15, -0.1) is 0 Å². The third-order valence-corrected chi connectivity index (χ3v) is 7.24. The number of fused-ring (bicyclic) bond motifs is 1. The van der Waals surface area contributed by atoms with Gasteiger partial charge in [-0.2, -0.15) is 0 Å². The molecule has 1 aromatic carbocycles. The third kappa shape index (κ3) is 4.46. The van der Waals surface area contributed by atoms with Gasteiger partial charge < -0.3 is 21.1 Å². The van der Waals surface area contributed by atoms with Crippen LogP contribution in [0.1, 0.15) is 32.0 Å². The minimum Gasteiger partial charge on any atom is -0.398 e. The smallest absolute Gasteiger partial charge is 0.330 e. The molecular formula is C26H33FN6O2. The zero-order chi connectivity index (χ0) is 24.9. The highest BCUT2D eigenvalue weighted by Gasteiger charge is 2.44. The fraction of sp³-hybridized carbons (Fsp3) is 0.462. The zero-order valence-electron chi connectivity index (χ0n) is 20.5. The third-order valence-electron chi connectivity index (χ3n) is 7.24. The van der Waals surface area contributed by atoms with Crippen LogP contribution in [-0.2, 0) is 18.4 Å². The lowest BCUT2D eigenvalue weighted by Crippen LogP contribution is -2.26. The van der Waals surface area contributed by atoms with Crippen LogP contribution >= 0.6 is 0 Å². The van der Waals surface area contributed by atoms with Gasteiger partial charge in [0.25, 0.3) is 0 Å². The Bertz CT molecular complexity index is 1290. The Balaban J connectivity index is 1.33. The van der Waals surface area contributed by atoms with Crippen LogP contribution in [-0.4, -0.2) is 45.3 Å². The minimum atomic E-state index is -0.464. The zero-order valence-corrected chi connectivity index (χ0v) is 20.5. The summed E-state index contributed by atoms with van der Waals surface area (Å²) in [5.41, 5.74) is 15.2. The number of likely N-dealkylation sites (tertiary alicyclic amines) is 1. The SMILES string of the molecule is CC(C)n1c(-c2cc(-c3ccc(COCCN4CC5CC5C4)nc3)c(F)cc2N)c(N)n(C)c1=O. The summed E-state index contributed by atoms with van der Waals surface area (Å²) < 4.78 is 23.7. The van der Waals surface area contributed by atoms with Gasteiger partial charge in [0, 0.05) is 61.3 Å². The summed E-state index contributed by atoms with van der Waals surface area (Å²) >= 11 is 0. The van der Waals surface area contributed by atoms with E-state index in [2.05, 4.69) is 9.88 Å². The molecule has 2 aliphatic rings. The number of benzene rings is 1. The van der Waals surface area contributed by atoms with E-state index in [1.807, 2.05) is 26.0 Å². The van der Waals surface area contributed by atoms with Crippen molar-refractivity contribution in [1.29, 1.82) is 0 Å². The maximum atomic E-state index is 15.0. The molecule has 4 N–H and O–H groups in total. The lowest BCUT2D eigenvalue weighted by atomic mass is 10.00. The van der Waals surface area contributed by atoms with Gasteiger partial charge in [0.1, 0.15) is 11.6 Å². The largest absolute Gasteiger partial charge is 0.398 e. The van der Waals surface area contributed by atoms with E-state index in [9.17, 15) is 9.18 Å². The van der Waals surface area contributed by atoms with Gasteiger partial charge in [0.15, 0.2) is 0 Å². The van der Waals surface area contributed by atoms with Crippen molar-refractivity contribution in [3.8, 4) is 22.4 Å². The number of ether oxygens (including phenoxy) is 1. The highest BCUT2D eigenvalue weighted by molar-refractivity contribution is 5.85. The van der Waals surface area contributed by atoms with Crippen molar-refractivity contribution in [1.82, 2.24) is 19.0 Å². The van der Waals surface area contributed by atoms with E-state index in [0.717, 1.165) is 24.1 Å². The molecule has 0 amide bonds. The molecule has 2 atom stereocenters. The average molecular weight is 481 g/mol. The van der Waals surface area contributed by atoms with Gasteiger partial charge in [-0.3, -0.25) is 14.1 Å². The van der Waals surface area contributed by atoms with E-state index in [1.165, 1.54) is 30.1 Å². The Labute approximate surface area is 204 Å². The Morgan fingerprint density at radius 3 is 2.57 bits per heavy atom. The number of pyridine rings is 1. The van der Waals surface area contributed by atoms with Gasteiger partial charge >= 0.3 is 5.69 Å². The van der Waals surface area contributed by atoms with Crippen molar-refractivity contribution in [3.05, 3.63) is 52.5 Å². The Morgan fingerprint density at radius 1 is 1.17 bits per heavy atom. The van der Waals surface area contributed by atoms with Gasteiger partial charge in [0.05, 0.1) is 24.6 Å². The number of nitrogens with zero attached hydrogens (tertiary/aromatic N) is 4. The number of aromatic nitrogens is 3. The molecule has 1 aliphatic carbocycles. The van der Waals surface area contributed by atoms with E-state index in [-0.39, 0.29) is 23.2 Å². The highest BCUT2D eigenvalue weighted by atomic mass is 19.1. The molecular weight excluding hydrogens is 447 g/mol. The molecule has 8 nitrogen and oxygen atoms in total. The maximum Gasteiger partial charge on any atom is 0.330 e. The first kappa shape index (κ1) is 23.6. The van der Waals surface area contributed by atoms with Gasteiger partial charge in [-0.25, -0.2) is 9.18 Å². The van der Waals surface area contributed by atoms with Gasteiger partial charge in [-0.05, 0) is 50.3 Å². The van der Waals surface area contributed by atoms with E-state index in [1.54, 1.807) is 23.9 Å². The molecule has 0 radical (unpaired) electrons. The molecule has 9 heteroatoms. The highest BCUT2D eigenvalue weighted by Crippen LogP contribution is 2.44. The van der Waals surface area contributed by atoms with Crippen LogP contribution in [0.3, 0.4) is 0 Å². The first-order chi connectivity index (χ1) is 16.7. The molecule has 5 rings (SSSR count). The molecule has 2 unspecified atom stereocenters. The van der Waals surface area contributed by atoms with Crippen LogP contribution < -0.4 is 17.2 Å². The second kappa shape index (κ2) is 9.13. The van der Waals surface area contributed by atoms with Crippen molar-refractivity contribution in [2.24, 2.45) is 18.9 Å². The van der Waals surface area contributed by atoms with E-state index in [0.29, 0.717) is 35.6 Å². The second-order valence-corrected chi connectivity index (χ2v) is 10.1. The summed E-state index contributed by atoms with van der Waals surface area (Å²) in [6.07, 6.45) is 3.04. The van der Waals surface area contributed by atoms with Crippen molar-refractivity contribution in [2.45, 2.75) is 32.9 Å². The fourth-order valence-electron chi connectivity index (χ4n) is 5.12. The monoisotopic (exact) mass is 480 g/mol. The molecule has 35 heavy (non-hydrogen) atoms. The van der Waals surface area contributed by atoms with Gasteiger partial charge in [-0.1, -0.05) is 6.07 Å². The number of nitrogens with two attached hydrogens (primary N) is 2. The molecule has 3 aromatic rings. The minimum absolute atomic E-state index is 0.147. The molecule has 1 saturated carbocycles. The quantitative estimate of drug-likeness (QED) is 0.379. The van der Waals surface area contributed by atoms with Crippen molar-refractivity contribution in [2.75, 3.05) is 37.7 Å². The molecule has 0 spiro atoms. The summed E-state index contributed by atoms with van der Waals surface area (Å²) in [6, 6.07) is 6.43. The summed E-state index contributed by atoms with van der Waals surface area (Å²) in [4.78, 5) is 19.6. The molecule has 3 heterocycles. The van der Waals surface area contributed by atoms with E-state index >= 15 is 0 Å². The van der Waals surface area contributed by atoms with Crippen molar-refractivity contribution < 1.29 is 9.13 Å². The first-order valence-electron chi connectivity index (χ1n) is 12.2. The number of imidazole rings is 1. The lowest BCUT2D eigenvalue weighted by molar-refractivity contribution is 0.0941. The molecule has 0 bridgehead atoms. The first-order valence-corrected chi connectivity index (χ1v) is 12.2. The summed E-state index contributed by atoms with van der Waals surface area (Å²) in [5.74, 6) is 1.67. The van der Waals surface area contributed by atoms with Crippen LogP contribution in [0.25, 0.3) is 22.4 Å². The van der Waals surface area contributed by atoms with Crippen LogP contribution in [0.5, 0.6) is 0 Å². The van der Waals surface area contributed by atoms with Crippen molar-refractivity contribution in [3.63, 3.8) is 0 Å². The molecule has 1 aliphatic heterocycles. The summed E-state index contributed by atoms with van der Waals surface area (Å²) in [6.45, 7) is 8.24. The standard InChI is InChI=1S/C26H33FN6O2/c1-15(2)33-24(25(29)31(3)26(33)34)21-9-20(22(27)10-23(21)28)16-4-5-19(30-11-16)14-35-7-6-32-12-17-8-18(17)13-32/h4-5,9-11,15,17-18H,6-8,12-14,28-29H2,1-3H3. The lowest BCUT2D eigenvalue weighted by Gasteiger charge is -2.17. The number of nitrogen functional groups attached to an aromatic ring is 2. The van der Waals surface area contributed by atoms with Crippen LogP contribution in [0.2, 0.25) is 0 Å². The Kier molecular flexibility index (Phi) is 6.14. The molecule has 1 saturated heterocycles. The number of anilines is 2. The van der Waals surface area contributed by atoms with Crippen LogP contribution in [0.4, 0.5) is 15.9 Å². The molecule has 2 aromatic heterocycles. The fourth-order valence-corrected chi connectivity index (χ4v) is 5.12. The van der Waals surface area contributed by atoms with E-state index < -0.39 is 5.82 Å². The Hall–Kier alpha value is -3.17. The number of hydrogen-bond acceptors (Lipinski definition) is 6. The number of rotatable bonds is 8. The number of halogens is 1. The van der Waals surface area contributed by atoms with Crippen LogP contribution in [0.15, 0.2) is 35.3 Å². The van der Waals surface area contributed by atoms with Crippen LogP contribution in [0, 0.1) is 17.7 Å². The maximum absolute atomic E-state index is 15.0. The summed E-state index contributed by atoms with van der Waals surface area (Å²) in [5, 5.41) is 0. The van der Waals surface area contributed by atoms with E-state index in [4.69, 9.17) is 16.2 Å². The Morgan fingerprint density at radius 2 is 1.91 bits per heavy atom. The predicted molar refractivity (Wildman–Crippen MR) is 135 cm³/mol.